The number of nitrogens with two attached hydrogens (primary N) is 1. The van der Waals surface area contributed by atoms with Gasteiger partial charge in [-0.2, -0.15) is 0 Å². The molecule has 0 aromatic heterocycles. The molecule has 1 fully saturated rings. The van der Waals surface area contributed by atoms with Gasteiger partial charge >= 0.3 is 5.97 Å². The molecule has 0 unspecified atom stereocenters. The summed E-state index contributed by atoms with van der Waals surface area (Å²) < 4.78 is 0. The van der Waals surface area contributed by atoms with Crippen LogP contribution in [0.5, 0.6) is 0 Å². The number of rotatable bonds is 1. The van der Waals surface area contributed by atoms with Crippen LogP contribution >= 0.6 is 0 Å². The average Bonchev–Trinajstić information content (AvgIpc) is 1.98. The standard InChI is InChI=1S/C10H19N2O3/c1-8(2)5-10(11,7(13)14)6-9(3,4)12(8)15/h5-6,11H2,1-4H3,(H,13,14)/q-1. The number of hydrogen-bond acceptors (Lipinski definition) is 4. The number of carbonyl (C=O) groups is 1. The molecule has 0 bridgehead atoms. The van der Waals surface area contributed by atoms with Crippen LogP contribution < -0.4 is 5.73 Å². The third kappa shape index (κ3) is 2.00. The van der Waals surface area contributed by atoms with Crippen molar-refractivity contribution in [3.63, 3.8) is 0 Å². The molecule has 5 nitrogen and oxygen atoms in total. The van der Waals surface area contributed by atoms with Crippen molar-refractivity contribution in [1.82, 2.24) is 5.06 Å². The zero-order chi connectivity index (χ0) is 12.1. The Morgan fingerprint density at radius 3 is 1.87 bits per heavy atom. The van der Waals surface area contributed by atoms with Gasteiger partial charge in [-0.3, -0.25) is 4.79 Å². The predicted octanol–water partition coefficient (Wildman–Crippen LogP) is 0.919. The lowest BCUT2D eigenvalue weighted by Gasteiger charge is -2.61. The monoisotopic (exact) mass is 215 g/mol. The predicted molar refractivity (Wildman–Crippen MR) is 57.2 cm³/mol. The van der Waals surface area contributed by atoms with E-state index in [0.29, 0.717) is 0 Å². The summed E-state index contributed by atoms with van der Waals surface area (Å²) in [6.07, 6.45) is 0.338. The molecular weight excluding hydrogens is 196 g/mol. The molecule has 0 amide bonds. The molecule has 0 aromatic rings. The van der Waals surface area contributed by atoms with Gasteiger partial charge in [-0.15, -0.1) is 0 Å². The van der Waals surface area contributed by atoms with Crippen LogP contribution in [0.1, 0.15) is 40.5 Å². The maximum absolute atomic E-state index is 11.9. The number of carboxylic acid groups (broad SMARTS) is 1. The van der Waals surface area contributed by atoms with Crippen LogP contribution in [-0.4, -0.2) is 32.8 Å². The maximum atomic E-state index is 11.9. The summed E-state index contributed by atoms with van der Waals surface area (Å²) in [6, 6.07) is 0. The molecular formula is C10H19N2O3-. The molecule has 1 aliphatic heterocycles. The van der Waals surface area contributed by atoms with Crippen molar-refractivity contribution < 1.29 is 9.90 Å². The van der Waals surface area contributed by atoms with Crippen LogP contribution in [0.3, 0.4) is 0 Å². The number of nitrogens with zero attached hydrogens (tertiary/aromatic N) is 1. The van der Waals surface area contributed by atoms with E-state index >= 15 is 0 Å². The number of piperidine rings is 1. The fourth-order valence-electron chi connectivity index (χ4n) is 2.72. The molecule has 0 atom stereocenters. The second-order valence-corrected chi connectivity index (χ2v) is 5.73. The Labute approximate surface area is 89.8 Å². The second kappa shape index (κ2) is 3.17. The van der Waals surface area contributed by atoms with Crippen molar-refractivity contribution in [2.45, 2.75) is 57.2 Å². The molecule has 0 spiro atoms. The van der Waals surface area contributed by atoms with E-state index in [9.17, 15) is 10.0 Å². The first kappa shape index (κ1) is 12.4. The van der Waals surface area contributed by atoms with E-state index in [1.807, 2.05) is 0 Å². The Balaban J connectivity index is 3.09. The Morgan fingerprint density at radius 1 is 1.27 bits per heavy atom. The van der Waals surface area contributed by atoms with Crippen LogP contribution in [0, 0.1) is 5.21 Å². The van der Waals surface area contributed by atoms with Gasteiger partial charge in [-0.05, 0) is 40.5 Å². The highest BCUT2D eigenvalue weighted by Gasteiger charge is 2.50. The fourth-order valence-corrected chi connectivity index (χ4v) is 2.72. The highest BCUT2D eigenvalue weighted by Crippen LogP contribution is 2.41. The molecule has 0 saturated carbocycles. The summed E-state index contributed by atoms with van der Waals surface area (Å²) in [5, 5.41) is 22.0. The lowest BCUT2D eigenvalue weighted by molar-refractivity contribution is -0.151. The highest BCUT2D eigenvalue weighted by atomic mass is 16.5. The Morgan fingerprint density at radius 2 is 1.60 bits per heavy atom. The topological polar surface area (TPSA) is 89.6 Å². The first-order valence-electron chi connectivity index (χ1n) is 5.01. The van der Waals surface area contributed by atoms with Gasteiger partial charge in [0.1, 0.15) is 5.54 Å². The fraction of sp³-hybridized carbons (Fsp3) is 0.900. The van der Waals surface area contributed by atoms with Gasteiger partial charge in [0.2, 0.25) is 0 Å². The SMILES string of the molecule is CC1(C)CC(N)(C(=O)O)CC(C)(C)N1[O-]. The normalized spacial score (nSPS) is 28.7. The third-order valence-electron chi connectivity index (χ3n) is 3.02. The quantitative estimate of drug-likeness (QED) is 0.678. The van der Waals surface area contributed by atoms with Gasteiger partial charge in [-0.25, -0.2) is 0 Å². The summed E-state index contributed by atoms with van der Waals surface area (Å²) in [6.45, 7) is 6.91. The molecule has 1 heterocycles. The average molecular weight is 215 g/mol. The minimum Gasteiger partial charge on any atom is -0.784 e. The molecule has 5 heteroatoms. The van der Waals surface area contributed by atoms with Gasteiger partial charge in [0.25, 0.3) is 0 Å². The summed E-state index contributed by atoms with van der Waals surface area (Å²) in [7, 11) is 0. The minimum absolute atomic E-state index is 0.169. The molecule has 0 radical (unpaired) electrons. The van der Waals surface area contributed by atoms with E-state index in [4.69, 9.17) is 10.8 Å². The van der Waals surface area contributed by atoms with Crippen LogP contribution in [0.15, 0.2) is 0 Å². The molecule has 3 N–H and O–H groups in total. The van der Waals surface area contributed by atoms with Crippen LogP contribution in [0.25, 0.3) is 0 Å². The number of carboxylic acids is 1. The summed E-state index contributed by atoms with van der Waals surface area (Å²) in [4.78, 5) is 11.1. The highest BCUT2D eigenvalue weighted by molar-refractivity contribution is 5.79. The summed E-state index contributed by atoms with van der Waals surface area (Å²) >= 11 is 0. The van der Waals surface area contributed by atoms with E-state index in [0.717, 1.165) is 5.06 Å². The van der Waals surface area contributed by atoms with E-state index in [2.05, 4.69) is 0 Å². The van der Waals surface area contributed by atoms with E-state index in [-0.39, 0.29) is 12.8 Å². The third-order valence-corrected chi connectivity index (χ3v) is 3.02. The van der Waals surface area contributed by atoms with Crippen molar-refractivity contribution in [3.05, 3.63) is 5.21 Å². The van der Waals surface area contributed by atoms with Crippen LogP contribution in [0.2, 0.25) is 0 Å². The van der Waals surface area contributed by atoms with E-state index in [1.165, 1.54) is 0 Å². The van der Waals surface area contributed by atoms with Crippen molar-refractivity contribution in [2.24, 2.45) is 5.73 Å². The Kier molecular flexibility index (Phi) is 2.62. The Hall–Kier alpha value is -0.650. The molecule has 1 rings (SSSR count). The number of aliphatic carboxylic acids is 1. The largest absolute Gasteiger partial charge is 0.784 e. The van der Waals surface area contributed by atoms with Gasteiger partial charge in [0.05, 0.1) is 0 Å². The molecule has 0 aliphatic carbocycles. The van der Waals surface area contributed by atoms with Gasteiger partial charge in [0.15, 0.2) is 0 Å². The maximum Gasteiger partial charge on any atom is 0.323 e. The van der Waals surface area contributed by atoms with Crippen molar-refractivity contribution in [1.29, 1.82) is 0 Å². The van der Waals surface area contributed by atoms with Crippen LogP contribution in [0.4, 0.5) is 0 Å². The molecule has 88 valence electrons. The summed E-state index contributed by atoms with van der Waals surface area (Å²) in [5.41, 5.74) is 3.07. The Bertz CT molecular complexity index is 268. The molecule has 1 aliphatic rings. The molecule has 15 heavy (non-hydrogen) atoms. The van der Waals surface area contributed by atoms with E-state index < -0.39 is 22.6 Å². The molecule has 0 aromatic carbocycles. The summed E-state index contributed by atoms with van der Waals surface area (Å²) in [5.74, 6) is -1.03. The minimum atomic E-state index is -1.30. The smallest absolute Gasteiger partial charge is 0.323 e. The van der Waals surface area contributed by atoms with Crippen molar-refractivity contribution >= 4 is 5.97 Å². The lowest BCUT2D eigenvalue weighted by Crippen LogP contribution is -2.68. The number of hydroxylamine groups is 2. The molecule has 1 saturated heterocycles. The lowest BCUT2D eigenvalue weighted by atomic mass is 9.71. The van der Waals surface area contributed by atoms with Gasteiger partial charge in [0, 0.05) is 11.1 Å². The zero-order valence-corrected chi connectivity index (χ0v) is 9.70. The second-order valence-electron chi connectivity index (χ2n) is 5.73. The first-order chi connectivity index (χ1) is 6.51. The first-order valence-corrected chi connectivity index (χ1v) is 5.01. The zero-order valence-electron chi connectivity index (χ0n) is 9.70. The van der Waals surface area contributed by atoms with Crippen LogP contribution in [-0.2, 0) is 4.79 Å². The van der Waals surface area contributed by atoms with Gasteiger partial charge in [-0.1, -0.05) is 0 Å². The van der Waals surface area contributed by atoms with E-state index in [1.54, 1.807) is 27.7 Å². The van der Waals surface area contributed by atoms with Crippen molar-refractivity contribution in [3.8, 4) is 0 Å². The van der Waals surface area contributed by atoms with Crippen molar-refractivity contribution in [2.75, 3.05) is 0 Å². The van der Waals surface area contributed by atoms with Gasteiger partial charge < -0.3 is 21.1 Å². The number of hydrogen-bond donors (Lipinski definition) is 2.